The van der Waals surface area contributed by atoms with Crippen LogP contribution in [-0.2, 0) is 6.54 Å². The molecule has 3 N–H and O–H groups in total. The molecule has 0 aromatic heterocycles. The Morgan fingerprint density at radius 3 is 2.10 bits per heavy atom. The monoisotopic (exact) mass is 277 g/mol. The first-order valence-electron chi connectivity index (χ1n) is 8.12. The van der Waals surface area contributed by atoms with Gasteiger partial charge in [0.15, 0.2) is 0 Å². The minimum absolute atomic E-state index is 0.869. The normalized spacial score (nSPS) is 11.2. The molecule has 0 saturated heterocycles. The van der Waals surface area contributed by atoms with E-state index in [1.54, 1.807) is 0 Å². The molecule has 0 amide bonds. The van der Waals surface area contributed by atoms with Crippen molar-refractivity contribution in [3.8, 4) is 0 Å². The van der Waals surface area contributed by atoms with Gasteiger partial charge in [0.1, 0.15) is 0 Å². The van der Waals surface area contributed by atoms with Crippen molar-refractivity contribution < 1.29 is 0 Å². The second-order valence-corrected chi connectivity index (χ2v) is 5.51. The van der Waals surface area contributed by atoms with E-state index in [0.29, 0.717) is 0 Å². The van der Waals surface area contributed by atoms with E-state index in [1.807, 2.05) is 6.07 Å². The number of nitrogens with two attached hydrogens (primary N) is 1. The van der Waals surface area contributed by atoms with Gasteiger partial charge in [-0.3, -0.25) is 5.84 Å². The van der Waals surface area contributed by atoms with Gasteiger partial charge in [0.05, 0.1) is 0 Å². The van der Waals surface area contributed by atoms with E-state index in [4.69, 9.17) is 5.84 Å². The van der Waals surface area contributed by atoms with Crippen LogP contribution in [0.3, 0.4) is 0 Å². The minimum atomic E-state index is 0.869. The summed E-state index contributed by atoms with van der Waals surface area (Å²) in [4.78, 5) is 0. The fourth-order valence-electron chi connectivity index (χ4n) is 2.43. The van der Waals surface area contributed by atoms with Crippen LogP contribution in [0.2, 0.25) is 0 Å². The molecule has 0 saturated carbocycles. The lowest BCUT2D eigenvalue weighted by atomic mass is 10.1. The molecule has 0 heterocycles. The van der Waals surface area contributed by atoms with Crippen molar-refractivity contribution in [2.75, 3.05) is 6.54 Å². The number of hydrogen-bond acceptors (Lipinski definition) is 3. The van der Waals surface area contributed by atoms with Gasteiger partial charge in [0, 0.05) is 13.1 Å². The molecule has 0 fully saturated rings. The predicted octanol–water partition coefficient (Wildman–Crippen LogP) is 4.01. The third-order valence-corrected chi connectivity index (χ3v) is 3.68. The first-order valence-corrected chi connectivity index (χ1v) is 8.12. The largest absolute Gasteiger partial charge is 0.258 e. The van der Waals surface area contributed by atoms with Gasteiger partial charge in [-0.15, -0.1) is 0 Å². The molecule has 0 aliphatic heterocycles. The zero-order valence-electron chi connectivity index (χ0n) is 13.0. The Morgan fingerprint density at radius 1 is 0.900 bits per heavy atom. The molecule has 3 heteroatoms. The van der Waals surface area contributed by atoms with Crippen LogP contribution in [0.1, 0.15) is 63.9 Å². The molecule has 20 heavy (non-hydrogen) atoms. The van der Waals surface area contributed by atoms with Gasteiger partial charge >= 0.3 is 0 Å². The number of nitrogens with one attached hydrogen (secondary N) is 1. The first kappa shape index (κ1) is 17.2. The zero-order chi connectivity index (χ0) is 14.5. The number of hydrazine groups is 2. The highest BCUT2D eigenvalue weighted by Crippen LogP contribution is 2.09. The van der Waals surface area contributed by atoms with E-state index >= 15 is 0 Å². The Kier molecular flexibility index (Phi) is 10.2. The second-order valence-electron chi connectivity index (χ2n) is 5.51. The Hall–Kier alpha value is -0.900. The summed E-state index contributed by atoms with van der Waals surface area (Å²) < 4.78 is 0. The first-order chi connectivity index (χ1) is 9.86. The lowest BCUT2D eigenvalue weighted by Crippen LogP contribution is -2.42. The number of nitrogens with zero attached hydrogens (tertiary/aromatic N) is 1. The SMILES string of the molecule is CCCCCCCCCCN(Cc1ccccc1)NN. The van der Waals surface area contributed by atoms with Gasteiger partial charge in [-0.05, 0) is 12.0 Å². The standard InChI is InChI=1S/C17H31N3/c1-2-3-4-5-6-7-8-12-15-20(19-18)16-17-13-10-9-11-14-17/h9-11,13-14,19H,2-8,12,15-16,18H2,1H3. The summed E-state index contributed by atoms with van der Waals surface area (Å²) in [5, 5.41) is 2.09. The fourth-order valence-corrected chi connectivity index (χ4v) is 2.43. The maximum Gasteiger partial charge on any atom is 0.0394 e. The quantitative estimate of drug-likeness (QED) is 0.344. The maximum absolute atomic E-state index is 5.59. The molecule has 0 aliphatic carbocycles. The third-order valence-electron chi connectivity index (χ3n) is 3.68. The van der Waals surface area contributed by atoms with Crippen molar-refractivity contribution in [1.82, 2.24) is 10.5 Å². The summed E-state index contributed by atoms with van der Waals surface area (Å²) in [5.74, 6) is 5.59. The maximum atomic E-state index is 5.59. The van der Waals surface area contributed by atoms with E-state index in [9.17, 15) is 0 Å². The van der Waals surface area contributed by atoms with Crippen molar-refractivity contribution in [2.45, 2.75) is 64.8 Å². The van der Waals surface area contributed by atoms with E-state index in [1.165, 1.54) is 56.9 Å². The summed E-state index contributed by atoms with van der Waals surface area (Å²) in [6.07, 6.45) is 10.8. The van der Waals surface area contributed by atoms with Crippen molar-refractivity contribution in [3.05, 3.63) is 35.9 Å². The van der Waals surface area contributed by atoms with E-state index in [2.05, 4.69) is 41.7 Å². The molecule has 1 aromatic rings. The van der Waals surface area contributed by atoms with Crippen LogP contribution < -0.4 is 11.4 Å². The molecule has 0 aliphatic rings. The lowest BCUT2D eigenvalue weighted by molar-refractivity contribution is 0.176. The molecule has 0 unspecified atom stereocenters. The molecule has 0 bridgehead atoms. The lowest BCUT2D eigenvalue weighted by Gasteiger charge is -2.20. The molecule has 0 radical (unpaired) electrons. The number of hydrogen-bond donors (Lipinski definition) is 2. The topological polar surface area (TPSA) is 41.3 Å². The van der Waals surface area contributed by atoms with E-state index < -0.39 is 0 Å². The van der Waals surface area contributed by atoms with Crippen LogP contribution in [0, 0.1) is 0 Å². The molecular weight excluding hydrogens is 246 g/mol. The number of unbranched alkanes of at least 4 members (excludes halogenated alkanes) is 7. The van der Waals surface area contributed by atoms with Gasteiger partial charge in [0.2, 0.25) is 0 Å². The van der Waals surface area contributed by atoms with Crippen LogP contribution in [0.25, 0.3) is 0 Å². The Bertz CT molecular complexity index is 313. The fraction of sp³-hybridized carbons (Fsp3) is 0.647. The number of rotatable bonds is 12. The average molecular weight is 277 g/mol. The van der Waals surface area contributed by atoms with Gasteiger partial charge in [-0.2, -0.15) is 5.53 Å². The third kappa shape index (κ3) is 8.31. The highest BCUT2D eigenvalue weighted by molar-refractivity contribution is 5.14. The van der Waals surface area contributed by atoms with Gasteiger partial charge in [-0.25, -0.2) is 5.01 Å². The summed E-state index contributed by atoms with van der Waals surface area (Å²) in [6, 6.07) is 10.5. The zero-order valence-corrected chi connectivity index (χ0v) is 13.0. The van der Waals surface area contributed by atoms with Crippen LogP contribution in [0.4, 0.5) is 0 Å². The smallest absolute Gasteiger partial charge is 0.0394 e. The predicted molar refractivity (Wildman–Crippen MR) is 86.8 cm³/mol. The van der Waals surface area contributed by atoms with Crippen molar-refractivity contribution in [2.24, 2.45) is 5.84 Å². The Morgan fingerprint density at radius 2 is 1.50 bits per heavy atom. The van der Waals surface area contributed by atoms with Gasteiger partial charge in [0.25, 0.3) is 0 Å². The van der Waals surface area contributed by atoms with Gasteiger partial charge in [-0.1, -0.05) is 82.2 Å². The van der Waals surface area contributed by atoms with E-state index in [-0.39, 0.29) is 0 Å². The van der Waals surface area contributed by atoms with Crippen molar-refractivity contribution >= 4 is 0 Å². The molecule has 1 aromatic carbocycles. The summed E-state index contributed by atoms with van der Waals surface area (Å²) in [6.45, 7) is 4.15. The van der Waals surface area contributed by atoms with Gasteiger partial charge < -0.3 is 0 Å². The molecule has 3 nitrogen and oxygen atoms in total. The summed E-state index contributed by atoms with van der Waals surface area (Å²) >= 11 is 0. The second kappa shape index (κ2) is 11.9. The molecular formula is C17H31N3. The molecule has 0 spiro atoms. The molecule has 114 valence electrons. The summed E-state index contributed by atoms with van der Waals surface area (Å²) in [7, 11) is 0. The van der Waals surface area contributed by atoms with Crippen LogP contribution >= 0.6 is 0 Å². The Balaban J connectivity index is 2.04. The van der Waals surface area contributed by atoms with Crippen LogP contribution in [0.5, 0.6) is 0 Å². The highest BCUT2D eigenvalue weighted by atomic mass is 15.6. The van der Waals surface area contributed by atoms with Crippen LogP contribution in [-0.4, -0.2) is 11.6 Å². The van der Waals surface area contributed by atoms with Crippen molar-refractivity contribution in [3.63, 3.8) is 0 Å². The molecule has 0 atom stereocenters. The minimum Gasteiger partial charge on any atom is -0.258 e. The Labute approximate surface area is 124 Å². The summed E-state index contributed by atoms with van der Waals surface area (Å²) in [5.41, 5.74) is 4.10. The number of benzene rings is 1. The molecule has 1 rings (SSSR count). The van der Waals surface area contributed by atoms with E-state index in [0.717, 1.165) is 13.1 Å². The van der Waals surface area contributed by atoms with Crippen LogP contribution in [0.15, 0.2) is 30.3 Å². The average Bonchev–Trinajstić information content (AvgIpc) is 2.49. The highest BCUT2D eigenvalue weighted by Gasteiger charge is 2.03. The van der Waals surface area contributed by atoms with Crippen molar-refractivity contribution in [1.29, 1.82) is 0 Å².